The van der Waals surface area contributed by atoms with Crippen molar-refractivity contribution in [2.24, 2.45) is 0 Å². The number of rotatable bonds is 8. The number of aromatic nitrogens is 4. The zero-order valence-corrected chi connectivity index (χ0v) is 19.0. The van der Waals surface area contributed by atoms with Crippen LogP contribution in [0.25, 0.3) is 17.0 Å². The van der Waals surface area contributed by atoms with Crippen molar-refractivity contribution >= 4 is 11.6 Å². The topological polar surface area (TPSA) is 99.9 Å². The second-order valence-electron chi connectivity index (χ2n) is 7.43. The SMILES string of the molecule is COc1ccc(OC)c(-c2nnc3ccc(OCCNC(=O)c4ccc(C)c(C)c4)nn23)c1. The van der Waals surface area contributed by atoms with E-state index in [1.165, 1.54) is 0 Å². The lowest BCUT2D eigenvalue weighted by molar-refractivity contribution is 0.0946. The molecular formula is C24H25N5O4. The van der Waals surface area contributed by atoms with Gasteiger partial charge in [-0.05, 0) is 61.4 Å². The highest BCUT2D eigenvalue weighted by molar-refractivity contribution is 5.94. The van der Waals surface area contributed by atoms with E-state index < -0.39 is 0 Å². The van der Waals surface area contributed by atoms with Gasteiger partial charge in [0.15, 0.2) is 11.5 Å². The van der Waals surface area contributed by atoms with Crippen molar-refractivity contribution in [3.63, 3.8) is 0 Å². The molecule has 1 N–H and O–H groups in total. The summed E-state index contributed by atoms with van der Waals surface area (Å²) in [4.78, 5) is 12.3. The van der Waals surface area contributed by atoms with Crippen molar-refractivity contribution in [3.05, 3.63) is 65.2 Å². The largest absolute Gasteiger partial charge is 0.497 e. The maximum Gasteiger partial charge on any atom is 0.251 e. The number of methoxy groups -OCH3 is 2. The van der Waals surface area contributed by atoms with Crippen molar-refractivity contribution < 1.29 is 19.0 Å². The van der Waals surface area contributed by atoms with Crippen LogP contribution in [0.2, 0.25) is 0 Å². The Morgan fingerprint density at radius 3 is 2.58 bits per heavy atom. The maximum absolute atomic E-state index is 12.3. The fourth-order valence-electron chi connectivity index (χ4n) is 3.31. The van der Waals surface area contributed by atoms with Crippen LogP contribution in [-0.2, 0) is 0 Å². The lowest BCUT2D eigenvalue weighted by Gasteiger charge is -2.10. The summed E-state index contributed by atoms with van der Waals surface area (Å²) in [6, 6.07) is 14.5. The minimum absolute atomic E-state index is 0.142. The van der Waals surface area contributed by atoms with Crippen LogP contribution >= 0.6 is 0 Å². The molecule has 0 aliphatic carbocycles. The number of hydrogen-bond acceptors (Lipinski definition) is 7. The Morgan fingerprint density at radius 1 is 0.970 bits per heavy atom. The van der Waals surface area contributed by atoms with Crippen LogP contribution < -0.4 is 19.5 Å². The van der Waals surface area contributed by atoms with Gasteiger partial charge < -0.3 is 19.5 Å². The van der Waals surface area contributed by atoms with Gasteiger partial charge in [0.1, 0.15) is 18.1 Å². The number of hydrogen-bond donors (Lipinski definition) is 1. The molecular weight excluding hydrogens is 422 g/mol. The van der Waals surface area contributed by atoms with Gasteiger partial charge in [-0.3, -0.25) is 4.79 Å². The van der Waals surface area contributed by atoms with Crippen molar-refractivity contribution in [2.45, 2.75) is 13.8 Å². The van der Waals surface area contributed by atoms with Gasteiger partial charge in [0.05, 0.1) is 26.3 Å². The first kappa shape index (κ1) is 22.1. The number of carbonyl (C=O) groups is 1. The summed E-state index contributed by atoms with van der Waals surface area (Å²) < 4.78 is 18.1. The normalized spacial score (nSPS) is 10.8. The van der Waals surface area contributed by atoms with Crippen molar-refractivity contribution in [1.82, 2.24) is 25.1 Å². The highest BCUT2D eigenvalue weighted by Crippen LogP contribution is 2.32. The van der Waals surface area contributed by atoms with Crippen LogP contribution in [0.5, 0.6) is 17.4 Å². The van der Waals surface area contributed by atoms with Crippen molar-refractivity contribution in [3.8, 4) is 28.8 Å². The number of benzene rings is 2. The van der Waals surface area contributed by atoms with Gasteiger partial charge in [-0.15, -0.1) is 15.3 Å². The monoisotopic (exact) mass is 447 g/mol. The average molecular weight is 447 g/mol. The van der Waals surface area contributed by atoms with Crippen LogP contribution in [0.15, 0.2) is 48.5 Å². The van der Waals surface area contributed by atoms with E-state index in [-0.39, 0.29) is 12.5 Å². The van der Waals surface area contributed by atoms with E-state index in [1.54, 1.807) is 43.0 Å². The van der Waals surface area contributed by atoms with Gasteiger partial charge in [0.2, 0.25) is 5.88 Å². The molecule has 0 aliphatic heterocycles. The summed E-state index contributed by atoms with van der Waals surface area (Å²) in [7, 11) is 3.18. The Bertz CT molecular complexity index is 1300. The molecule has 1 amide bonds. The highest BCUT2D eigenvalue weighted by Gasteiger charge is 2.16. The molecule has 9 nitrogen and oxygen atoms in total. The van der Waals surface area contributed by atoms with Crippen LogP contribution in [0.4, 0.5) is 0 Å². The molecule has 0 saturated heterocycles. The molecule has 4 rings (SSSR count). The van der Waals surface area contributed by atoms with Gasteiger partial charge >= 0.3 is 0 Å². The summed E-state index contributed by atoms with van der Waals surface area (Å²) in [5.74, 6) is 2.01. The minimum Gasteiger partial charge on any atom is -0.497 e. The van der Waals surface area contributed by atoms with E-state index in [0.717, 1.165) is 11.1 Å². The Hall–Kier alpha value is -4.14. The number of nitrogens with zero attached hydrogens (tertiary/aromatic N) is 4. The highest BCUT2D eigenvalue weighted by atomic mass is 16.5. The number of carbonyl (C=O) groups excluding carboxylic acids is 1. The quantitative estimate of drug-likeness (QED) is 0.414. The molecule has 0 saturated carbocycles. The molecule has 0 aliphatic rings. The van der Waals surface area contributed by atoms with E-state index in [2.05, 4.69) is 20.6 Å². The molecule has 0 radical (unpaired) electrons. The van der Waals surface area contributed by atoms with Gasteiger partial charge in [-0.2, -0.15) is 4.52 Å². The van der Waals surface area contributed by atoms with Crippen LogP contribution in [0, 0.1) is 13.8 Å². The van der Waals surface area contributed by atoms with E-state index in [1.807, 2.05) is 38.1 Å². The molecule has 33 heavy (non-hydrogen) atoms. The molecule has 9 heteroatoms. The van der Waals surface area contributed by atoms with E-state index in [0.29, 0.717) is 46.5 Å². The third-order valence-electron chi connectivity index (χ3n) is 5.29. The molecule has 0 bridgehead atoms. The Morgan fingerprint density at radius 2 is 1.82 bits per heavy atom. The Labute approximate surface area is 191 Å². The van der Waals surface area contributed by atoms with Crippen LogP contribution in [0.1, 0.15) is 21.5 Å². The number of fused-ring (bicyclic) bond motifs is 1. The van der Waals surface area contributed by atoms with Crippen molar-refractivity contribution in [2.75, 3.05) is 27.4 Å². The molecule has 0 atom stereocenters. The second-order valence-corrected chi connectivity index (χ2v) is 7.43. The Balaban J connectivity index is 1.46. The summed E-state index contributed by atoms with van der Waals surface area (Å²) in [6.07, 6.45) is 0. The number of aryl methyl sites for hydroxylation is 2. The van der Waals surface area contributed by atoms with Gasteiger partial charge in [-0.25, -0.2) is 0 Å². The number of amides is 1. The zero-order valence-electron chi connectivity index (χ0n) is 19.0. The lowest BCUT2D eigenvalue weighted by atomic mass is 10.1. The molecule has 2 aromatic carbocycles. The third kappa shape index (κ3) is 4.72. The third-order valence-corrected chi connectivity index (χ3v) is 5.29. The summed E-state index contributed by atoms with van der Waals surface area (Å²) in [5, 5.41) is 15.8. The Kier molecular flexibility index (Phi) is 6.39. The predicted molar refractivity (Wildman–Crippen MR) is 123 cm³/mol. The molecule has 4 aromatic rings. The van der Waals surface area contributed by atoms with E-state index >= 15 is 0 Å². The molecule has 2 heterocycles. The predicted octanol–water partition coefficient (Wildman–Crippen LogP) is 3.23. The second kappa shape index (κ2) is 9.56. The minimum atomic E-state index is -0.142. The van der Waals surface area contributed by atoms with E-state index in [9.17, 15) is 4.79 Å². The van der Waals surface area contributed by atoms with Crippen LogP contribution in [0.3, 0.4) is 0 Å². The molecule has 0 spiro atoms. The van der Waals surface area contributed by atoms with Gasteiger partial charge in [0.25, 0.3) is 5.91 Å². The molecule has 0 fully saturated rings. The first-order chi connectivity index (χ1) is 16.0. The first-order valence-corrected chi connectivity index (χ1v) is 10.4. The fraction of sp³-hybridized carbons (Fsp3) is 0.250. The van der Waals surface area contributed by atoms with Gasteiger partial charge in [-0.1, -0.05) is 6.07 Å². The molecule has 2 aromatic heterocycles. The summed E-state index contributed by atoms with van der Waals surface area (Å²) in [6.45, 7) is 4.59. The fourth-order valence-corrected chi connectivity index (χ4v) is 3.31. The van der Waals surface area contributed by atoms with Crippen LogP contribution in [-0.4, -0.2) is 53.1 Å². The van der Waals surface area contributed by atoms with Crippen molar-refractivity contribution in [1.29, 1.82) is 0 Å². The average Bonchev–Trinajstić information content (AvgIpc) is 3.26. The summed E-state index contributed by atoms with van der Waals surface area (Å²) in [5.41, 5.74) is 4.10. The first-order valence-electron chi connectivity index (χ1n) is 10.4. The zero-order chi connectivity index (χ0) is 23.4. The number of nitrogens with one attached hydrogen (secondary N) is 1. The number of ether oxygens (including phenoxy) is 3. The maximum atomic E-state index is 12.3. The molecule has 170 valence electrons. The smallest absolute Gasteiger partial charge is 0.251 e. The van der Waals surface area contributed by atoms with Gasteiger partial charge in [0, 0.05) is 11.6 Å². The summed E-state index contributed by atoms with van der Waals surface area (Å²) >= 11 is 0. The van der Waals surface area contributed by atoms with E-state index in [4.69, 9.17) is 14.2 Å². The standard InChI is InChI=1S/C24H25N5O4/c1-15-5-6-17(13-16(15)2)24(30)25-11-12-33-22-10-9-21-26-27-23(29(21)28-22)19-14-18(31-3)7-8-20(19)32-4/h5-10,13-14H,11-12H2,1-4H3,(H,25,30). The lowest BCUT2D eigenvalue weighted by Crippen LogP contribution is -2.28. The molecule has 0 unspecified atom stereocenters.